The number of nitrogens with zero attached hydrogens (tertiary/aromatic N) is 1. The lowest BCUT2D eigenvalue weighted by Crippen LogP contribution is -2.52. The average Bonchev–Trinajstić information content (AvgIpc) is 3.42. The van der Waals surface area contributed by atoms with Crippen molar-refractivity contribution in [1.29, 1.82) is 0 Å². The third-order valence-corrected chi connectivity index (χ3v) is 11.2. The van der Waals surface area contributed by atoms with Gasteiger partial charge in [-0.05, 0) is 91.0 Å². The van der Waals surface area contributed by atoms with Crippen LogP contribution in [-0.4, -0.2) is 65.7 Å². The maximum absolute atomic E-state index is 13.2. The number of hydrogen-bond acceptors (Lipinski definition) is 5. The Hall–Kier alpha value is -3.85. The Morgan fingerprint density at radius 1 is 0.935 bits per heavy atom. The number of nitrogens with one attached hydrogen (secondary N) is 3. The van der Waals surface area contributed by atoms with Crippen molar-refractivity contribution in [2.45, 2.75) is 63.5 Å². The molecule has 46 heavy (non-hydrogen) atoms. The van der Waals surface area contributed by atoms with Gasteiger partial charge in [-0.15, -0.1) is 11.6 Å². The normalized spacial score (nSPS) is 27.7. The Balaban J connectivity index is 1.02. The number of rotatable bonds is 9. The monoisotopic (exact) mass is 644 g/mol. The van der Waals surface area contributed by atoms with Gasteiger partial charge in [-0.2, -0.15) is 0 Å². The molecule has 0 unspecified atom stereocenters. The Bertz CT molecular complexity index is 1630. The molecule has 5 aliphatic rings. The van der Waals surface area contributed by atoms with Gasteiger partial charge in [0.25, 0.3) is 5.91 Å². The third-order valence-electron chi connectivity index (χ3n) is 10.9. The fourth-order valence-electron chi connectivity index (χ4n) is 9.54. The van der Waals surface area contributed by atoms with Crippen molar-refractivity contribution in [2.24, 2.45) is 23.2 Å². The second-order valence-corrected chi connectivity index (χ2v) is 14.2. The number of fused-ring (bicyclic) bond motifs is 3. The summed E-state index contributed by atoms with van der Waals surface area (Å²) in [7, 11) is 1.31. The van der Waals surface area contributed by atoms with Gasteiger partial charge in [0.15, 0.2) is 0 Å². The van der Waals surface area contributed by atoms with Crippen LogP contribution < -0.4 is 10.6 Å². The van der Waals surface area contributed by atoms with Crippen molar-refractivity contribution < 1.29 is 23.9 Å². The van der Waals surface area contributed by atoms with E-state index in [0.29, 0.717) is 31.5 Å². The van der Waals surface area contributed by atoms with Crippen molar-refractivity contribution in [2.75, 3.05) is 26.1 Å². The number of carbonyl (C=O) groups excluding carboxylic acids is 4. The van der Waals surface area contributed by atoms with Crippen molar-refractivity contribution in [3.05, 3.63) is 70.9 Å². The lowest BCUT2D eigenvalue weighted by atomic mass is 9.49. The number of carbonyl (C=O) groups is 4. The number of methoxy groups -OCH3 is 1. The number of amides is 3. The van der Waals surface area contributed by atoms with Crippen LogP contribution in [-0.2, 0) is 25.5 Å². The quantitative estimate of drug-likeness (QED) is 0.174. The number of ether oxygens (including phenoxy) is 1. The number of aromatic amines is 1. The van der Waals surface area contributed by atoms with Gasteiger partial charge in [-0.25, -0.2) is 4.79 Å². The van der Waals surface area contributed by atoms with E-state index in [1.54, 1.807) is 24.3 Å². The van der Waals surface area contributed by atoms with Crippen LogP contribution in [0.3, 0.4) is 0 Å². The van der Waals surface area contributed by atoms with Crippen LogP contribution in [0.4, 0.5) is 0 Å². The van der Waals surface area contributed by atoms with E-state index in [-0.39, 0.29) is 23.1 Å². The fourth-order valence-corrected chi connectivity index (χ4v) is 9.68. The second kappa shape index (κ2) is 12.4. The molecular weight excluding hydrogens is 604 g/mol. The summed E-state index contributed by atoms with van der Waals surface area (Å²) in [6.45, 7) is 0.706. The minimum absolute atomic E-state index is 0.0886. The van der Waals surface area contributed by atoms with Crippen LogP contribution >= 0.6 is 11.6 Å². The molecule has 9 nitrogen and oxygen atoms in total. The maximum Gasteiger partial charge on any atom is 0.328 e. The second-order valence-electron chi connectivity index (χ2n) is 14.0. The number of alkyl halides is 1. The SMILES string of the molecule is COC(=O)[C@H]1Cc2c([nH]c3ccccc23)[C@H](c2ccc(C(=O)NCCNC(=O)CC34CC5CC(CC(C5)C3)C4)cc2)N1C(=O)CCl. The highest BCUT2D eigenvalue weighted by molar-refractivity contribution is 6.27. The highest BCUT2D eigenvalue weighted by Gasteiger charge is 2.51. The summed E-state index contributed by atoms with van der Waals surface area (Å²) in [5.74, 6) is 1.07. The summed E-state index contributed by atoms with van der Waals surface area (Å²) >= 11 is 6.05. The third kappa shape index (κ3) is 5.67. The zero-order valence-corrected chi connectivity index (χ0v) is 26.9. The molecule has 8 rings (SSSR count). The molecule has 10 heteroatoms. The molecule has 4 aliphatic carbocycles. The Morgan fingerprint density at radius 2 is 1.59 bits per heavy atom. The van der Waals surface area contributed by atoms with Crippen LogP contribution in [0.5, 0.6) is 0 Å². The molecule has 3 amide bonds. The van der Waals surface area contributed by atoms with E-state index < -0.39 is 24.0 Å². The number of halogens is 1. The molecule has 4 saturated carbocycles. The molecule has 242 valence electrons. The van der Waals surface area contributed by atoms with Crippen LogP contribution in [0.25, 0.3) is 10.9 Å². The summed E-state index contributed by atoms with van der Waals surface area (Å²) in [6, 6.07) is 13.4. The Labute approximate surface area is 273 Å². The van der Waals surface area contributed by atoms with E-state index in [2.05, 4.69) is 15.6 Å². The standard InChI is InChI=1S/C36H41ClN4O5/c1-46-35(45)29-15-27-26-4-2-3-5-28(26)40-32(27)33(41(29)31(43)20-37)24-6-8-25(9-7-24)34(44)39-11-10-38-30(42)19-36-16-21-12-22(17-36)14-23(13-21)18-36/h2-9,21-23,29,33,40H,10-20H2,1H3,(H,38,42)(H,39,44)/t21?,22?,23?,29-,33+,36?/m1/s1. The minimum Gasteiger partial charge on any atom is -0.467 e. The molecular formula is C36H41ClN4O5. The molecule has 2 aromatic carbocycles. The summed E-state index contributed by atoms with van der Waals surface area (Å²) in [4.78, 5) is 57.0. The molecule has 2 atom stereocenters. The number of H-pyrrole nitrogens is 1. The maximum atomic E-state index is 13.2. The average molecular weight is 645 g/mol. The van der Waals surface area contributed by atoms with Gasteiger partial charge in [0.1, 0.15) is 11.9 Å². The molecule has 1 aromatic heterocycles. The number of benzene rings is 2. The number of aromatic nitrogens is 1. The molecule has 4 fully saturated rings. The number of hydrogen-bond donors (Lipinski definition) is 3. The summed E-state index contributed by atoms with van der Waals surface area (Å²) in [5, 5.41) is 6.92. The summed E-state index contributed by atoms with van der Waals surface area (Å²) in [5.41, 5.74) is 4.03. The molecule has 2 heterocycles. The first-order valence-corrected chi connectivity index (χ1v) is 17.0. The predicted molar refractivity (Wildman–Crippen MR) is 174 cm³/mol. The zero-order chi connectivity index (χ0) is 32.0. The summed E-state index contributed by atoms with van der Waals surface area (Å²) < 4.78 is 5.11. The minimum atomic E-state index is -0.853. The molecule has 3 N–H and O–H groups in total. The van der Waals surface area contributed by atoms with Crippen molar-refractivity contribution in [3.8, 4) is 0 Å². The van der Waals surface area contributed by atoms with Crippen LogP contribution in [0, 0.1) is 23.2 Å². The smallest absolute Gasteiger partial charge is 0.328 e. The lowest BCUT2D eigenvalue weighted by Gasteiger charge is -2.56. The van der Waals surface area contributed by atoms with E-state index >= 15 is 0 Å². The van der Waals surface area contributed by atoms with E-state index in [9.17, 15) is 19.2 Å². The van der Waals surface area contributed by atoms with Crippen LogP contribution in [0.1, 0.15) is 78.2 Å². The Morgan fingerprint density at radius 3 is 2.24 bits per heavy atom. The fraction of sp³-hybridized carbons (Fsp3) is 0.500. The number of esters is 1. The van der Waals surface area contributed by atoms with Gasteiger partial charge in [0, 0.05) is 48.1 Å². The molecule has 3 aromatic rings. The van der Waals surface area contributed by atoms with Crippen molar-refractivity contribution in [1.82, 2.24) is 20.5 Å². The van der Waals surface area contributed by atoms with Gasteiger partial charge >= 0.3 is 5.97 Å². The van der Waals surface area contributed by atoms with Gasteiger partial charge in [0.05, 0.1) is 13.2 Å². The largest absolute Gasteiger partial charge is 0.467 e. The molecule has 0 saturated heterocycles. The highest BCUT2D eigenvalue weighted by Crippen LogP contribution is 2.61. The molecule has 4 bridgehead atoms. The van der Waals surface area contributed by atoms with Crippen molar-refractivity contribution in [3.63, 3.8) is 0 Å². The molecule has 0 radical (unpaired) electrons. The van der Waals surface area contributed by atoms with E-state index in [1.807, 2.05) is 24.3 Å². The van der Waals surface area contributed by atoms with Gasteiger partial charge in [-0.1, -0.05) is 30.3 Å². The van der Waals surface area contributed by atoms with Gasteiger partial charge < -0.3 is 25.3 Å². The zero-order valence-electron chi connectivity index (χ0n) is 26.2. The highest BCUT2D eigenvalue weighted by atomic mass is 35.5. The van der Waals surface area contributed by atoms with Crippen molar-refractivity contribution >= 4 is 46.2 Å². The van der Waals surface area contributed by atoms with Crippen LogP contribution in [0.2, 0.25) is 0 Å². The first-order chi connectivity index (χ1) is 22.3. The van der Waals surface area contributed by atoms with E-state index in [1.165, 1.54) is 50.5 Å². The first-order valence-electron chi connectivity index (χ1n) is 16.5. The number of para-hydroxylation sites is 1. The molecule has 1 aliphatic heterocycles. The Kier molecular flexibility index (Phi) is 8.30. The molecule has 0 spiro atoms. The lowest BCUT2D eigenvalue weighted by molar-refractivity contribution is -0.154. The topological polar surface area (TPSA) is 121 Å². The first kappa shape index (κ1) is 30.8. The van der Waals surface area contributed by atoms with Gasteiger partial charge in [-0.3, -0.25) is 14.4 Å². The van der Waals surface area contributed by atoms with E-state index in [0.717, 1.165) is 45.5 Å². The predicted octanol–water partition coefficient (Wildman–Crippen LogP) is 4.87. The van der Waals surface area contributed by atoms with Crippen LogP contribution in [0.15, 0.2) is 48.5 Å². The van der Waals surface area contributed by atoms with Gasteiger partial charge in [0.2, 0.25) is 11.8 Å². The van der Waals surface area contributed by atoms with E-state index in [4.69, 9.17) is 16.3 Å². The summed E-state index contributed by atoms with van der Waals surface area (Å²) in [6.07, 6.45) is 8.56.